The van der Waals surface area contributed by atoms with Crippen LogP contribution in [0.3, 0.4) is 0 Å². The first-order valence-corrected chi connectivity index (χ1v) is 6.37. The van der Waals surface area contributed by atoms with E-state index in [4.69, 9.17) is 9.84 Å². The minimum Gasteiger partial charge on any atom is -0.494 e. The zero-order chi connectivity index (χ0) is 15.0. The molecule has 0 radical (unpaired) electrons. The molecule has 1 aromatic carbocycles. The second kappa shape index (κ2) is 8.14. The third kappa shape index (κ3) is 6.72. The number of halogens is 1. The van der Waals surface area contributed by atoms with Gasteiger partial charge in [-0.2, -0.15) is 0 Å². The Morgan fingerprint density at radius 2 is 2.00 bits per heavy atom. The van der Waals surface area contributed by atoms with E-state index in [0.29, 0.717) is 18.8 Å². The Bertz CT molecular complexity index is 447. The number of hydrogen-bond donors (Lipinski definition) is 2. The number of aliphatic carboxylic acids is 1. The highest BCUT2D eigenvalue weighted by molar-refractivity contribution is 5.77. The van der Waals surface area contributed by atoms with Crippen LogP contribution in [0.25, 0.3) is 0 Å². The van der Waals surface area contributed by atoms with E-state index in [1.165, 1.54) is 24.3 Å². The maximum Gasteiger partial charge on any atom is 0.305 e. The highest BCUT2D eigenvalue weighted by Gasteiger charge is 2.10. The first-order chi connectivity index (χ1) is 9.47. The fourth-order valence-corrected chi connectivity index (χ4v) is 1.61. The van der Waals surface area contributed by atoms with Crippen LogP contribution in [0.2, 0.25) is 0 Å². The van der Waals surface area contributed by atoms with Crippen LogP contribution in [0.4, 0.5) is 4.39 Å². The molecule has 6 heteroatoms. The van der Waals surface area contributed by atoms with Crippen LogP contribution in [0.1, 0.15) is 26.2 Å². The van der Waals surface area contributed by atoms with Crippen molar-refractivity contribution in [3.63, 3.8) is 0 Å². The van der Waals surface area contributed by atoms with Gasteiger partial charge in [-0.3, -0.25) is 9.59 Å². The molecule has 2 N–H and O–H groups in total. The summed E-state index contributed by atoms with van der Waals surface area (Å²) in [7, 11) is 0. The van der Waals surface area contributed by atoms with E-state index in [9.17, 15) is 14.0 Å². The summed E-state index contributed by atoms with van der Waals surface area (Å²) >= 11 is 0. The monoisotopic (exact) mass is 283 g/mol. The Morgan fingerprint density at radius 1 is 1.35 bits per heavy atom. The van der Waals surface area contributed by atoms with E-state index < -0.39 is 12.0 Å². The molecule has 0 aliphatic carbocycles. The van der Waals surface area contributed by atoms with Gasteiger partial charge in [0.05, 0.1) is 13.0 Å². The SMILES string of the molecule is CC(CC(=O)O)NC(=O)CCCOc1ccc(F)cc1. The Balaban J connectivity index is 2.15. The van der Waals surface area contributed by atoms with Crippen LogP contribution in [-0.4, -0.2) is 29.6 Å². The molecule has 0 fully saturated rings. The van der Waals surface area contributed by atoms with Crippen molar-refractivity contribution in [1.82, 2.24) is 5.32 Å². The molecule has 1 rings (SSSR count). The zero-order valence-electron chi connectivity index (χ0n) is 11.3. The molecule has 1 aromatic rings. The van der Waals surface area contributed by atoms with Gasteiger partial charge in [0.1, 0.15) is 11.6 Å². The second-order valence-corrected chi connectivity index (χ2v) is 4.47. The number of ether oxygens (including phenoxy) is 1. The van der Waals surface area contributed by atoms with Crippen LogP contribution in [-0.2, 0) is 9.59 Å². The predicted molar refractivity (Wildman–Crippen MR) is 71.0 cm³/mol. The average molecular weight is 283 g/mol. The Morgan fingerprint density at radius 3 is 2.60 bits per heavy atom. The van der Waals surface area contributed by atoms with Gasteiger partial charge >= 0.3 is 5.97 Å². The molecule has 0 bridgehead atoms. The van der Waals surface area contributed by atoms with Crippen LogP contribution in [0.5, 0.6) is 5.75 Å². The van der Waals surface area contributed by atoms with Crippen molar-refractivity contribution in [2.75, 3.05) is 6.61 Å². The lowest BCUT2D eigenvalue weighted by Crippen LogP contribution is -2.34. The molecule has 1 amide bonds. The first-order valence-electron chi connectivity index (χ1n) is 6.37. The number of nitrogens with one attached hydrogen (secondary N) is 1. The fourth-order valence-electron chi connectivity index (χ4n) is 1.61. The number of carbonyl (C=O) groups excluding carboxylic acids is 1. The largest absolute Gasteiger partial charge is 0.494 e. The van der Waals surface area contributed by atoms with Gasteiger partial charge in [0.25, 0.3) is 0 Å². The van der Waals surface area contributed by atoms with Crippen molar-refractivity contribution in [3.05, 3.63) is 30.1 Å². The van der Waals surface area contributed by atoms with Crippen LogP contribution < -0.4 is 10.1 Å². The molecule has 0 heterocycles. The molecule has 1 atom stereocenters. The lowest BCUT2D eigenvalue weighted by molar-refractivity contribution is -0.137. The standard InChI is InChI=1S/C14H18FNO4/c1-10(9-14(18)19)16-13(17)3-2-8-20-12-6-4-11(15)5-7-12/h4-7,10H,2-3,8-9H2,1H3,(H,16,17)(H,18,19). The van der Waals surface area contributed by atoms with Gasteiger partial charge in [-0.1, -0.05) is 0 Å². The molecular formula is C14H18FNO4. The van der Waals surface area contributed by atoms with Gasteiger partial charge in [-0.05, 0) is 37.6 Å². The smallest absolute Gasteiger partial charge is 0.305 e. The molecule has 0 aliphatic heterocycles. The van der Waals surface area contributed by atoms with Crippen molar-refractivity contribution in [2.45, 2.75) is 32.2 Å². The van der Waals surface area contributed by atoms with E-state index in [1.54, 1.807) is 6.92 Å². The van der Waals surface area contributed by atoms with Crippen molar-refractivity contribution < 1.29 is 23.8 Å². The molecule has 110 valence electrons. The van der Waals surface area contributed by atoms with Gasteiger partial charge < -0.3 is 15.2 Å². The van der Waals surface area contributed by atoms with E-state index in [-0.39, 0.29) is 24.6 Å². The maximum absolute atomic E-state index is 12.6. The maximum atomic E-state index is 12.6. The molecule has 0 saturated carbocycles. The predicted octanol–water partition coefficient (Wildman–Crippen LogP) is 1.96. The average Bonchev–Trinajstić information content (AvgIpc) is 2.35. The normalized spacial score (nSPS) is 11.7. The van der Waals surface area contributed by atoms with E-state index in [2.05, 4.69) is 5.32 Å². The Hall–Kier alpha value is -2.11. The second-order valence-electron chi connectivity index (χ2n) is 4.47. The lowest BCUT2D eigenvalue weighted by atomic mass is 10.2. The van der Waals surface area contributed by atoms with E-state index in [0.717, 1.165) is 0 Å². The van der Waals surface area contributed by atoms with Crippen LogP contribution in [0.15, 0.2) is 24.3 Å². The minimum atomic E-state index is -0.947. The van der Waals surface area contributed by atoms with E-state index in [1.807, 2.05) is 0 Å². The summed E-state index contributed by atoms with van der Waals surface area (Å²) in [6, 6.07) is 5.25. The summed E-state index contributed by atoms with van der Waals surface area (Å²) < 4.78 is 18.0. The molecule has 20 heavy (non-hydrogen) atoms. The van der Waals surface area contributed by atoms with Gasteiger partial charge in [-0.25, -0.2) is 4.39 Å². The summed E-state index contributed by atoms with van der Waals surface area (Å²) in [6.45, 7) is 1.98. The number of amides is 1. The lowest BCUT2D eigenvalue weighted by Gasteiger charge is -2.11. The van der Waals surface area contributed by atoms with Crippen LogP contribution in [0, 0.1) is 5.82 Å². The molecule has 5 nitrogen and oxygen atoms in total. The van der Waals surface area contributed by atoms with Crippen molar-refractivity contribution in [1.29, 1.82) is 0 Å². The number of carboxylic acid groups (broad SMARTS) is 1. The van der Waals surface area contributed by atoms with Gasteiger partial charge in [0, 0.05) is 12.5 Å². The van der Waals surface area contributed by atoms with Crippen LogP contribution >= 0.6 is 0 Å². The summed E-state index contributed by atoms with van der Waals surface area (Å²) in [5.74, 6) is -0.936. The highest BCUT2D eigenvalue weighted by atomic mass is 19.1. The summed E-state index contributed by atoms with van der Waals surface area (Å²) in [5.41, 5.74) is 0. The fraction of sp³-hybridized carbons (Fsp3) is 0.429. The summed E-state index contributed by atoms with van der Waals surface area (Å²) in [5, 5.41) is 11.2. The number of benzene rings is 1. The van der Waals surface area contributed by atoms with Gasteiger partial charge in [0.15, 0.2) is 0 Å². The molecule has 0 spiro atoms. The molecule has 0 aliphatic rings. The molecular weight excluding hydrogens is 265 g/mol. The van der Waals surface area contributed by atoms with Crippen molar-refractivity contribution >= 4 is 11.9 Å². The Labute approximate surface area is 116 Å². The summed E-state index contributed by atoms with van der Waals surface area (Å²) in [4.78, 5) is 21.9. The van der Waals surface area contributed by atoms with Gasteiger partial charge in [-0.15, -0.1) is 0 Å². The quantitative estimate of drug-likeness (QED) is 0.715. The number of rotatable bonds is 8. The van der Waals surface area contributed by atoms with Crippen molar-refractivity contribution in [3.8, 4) is 5.75 Å². The number of hydrogen-bond acceptors (Lipinski definition) is 3. The number of carbonyl (C=O) groups is 2. The number of carboxylic acids is 1. The van der Waals surface area contributed by atoms with Crippen molar-refractivity contribution in [2.24, 2.45) is 0 Å². The molecule has 1 unspecified atom stereocenters. The zero-order valence-corrected chi connectivity index (χ0v) is 11.3. The highest BCUT2D eigenvalue weighted by Crippen LogP contribution is 2.11. The topological polar surface area (TPSA) is 75.6 Å². The molecule has 0 aromatic heterocycles. The van der Waals surface area contributed by atoms with Gasteiger partial charge in [0.2, 0.25) is 5.91 Å². The van der Waals surface area contributed by atoms with E-state index >= 15 is 0 Å². The minimum absolute atomic E-state index is 0.0994. The Kier molecular flexibility index (Phi) is 6.49. The third-order valence-electron chi connectivity index (χ3n) is 2.52. The third-order valence-corrected chi connectivity index (χ3v) is 2.52. The molecule has 0 saturated heterocycles. The summed E-state index contributed by atoms with van der Waals surface area (Å²) in [6.07, 6.45) is 0.659. The first kappa shape index (κ1) is 15.9.